The molecule has 0 aromatic heterocycles. The van der Waals surface area contributed by atoms with Crippen LogP contribution in [0.15, 0.2) is 24.3 Å². The maximum absolute atomic E-state index is 11.2. The average Bonchev–Trinajstić information content (AvgIpc) is 2.53. The van der Waals surface area contributed by atoms with Gasteiger partial charge in [0.1, 0.15) is 16.8 Å². The summed E-state index contributed by atoms with van der Waals surface area (Å²) in [6.45, 7) is 5.51. The summed E-state index contributed by atoms with van der Waals surface area (Å²) < 4.78 is 11.4. The fourth-order valence-corrected chi connectivity index (χ4v) is 3.27. The molecule has 5 atom stereocenters. The zero-order chi connectivity index (χ0) is 20.2. The van der Waals surface area contributed by atoms with E-state index in [4.69, 9.17) is 9.47 Å². The Hall–Kier alpha value is -1.78. The van der Waals surface area contributed by atoms with E-state index in [1.807, 2.05) is 0 Å². The normalized spacial score (nSPS) is 43.1. The minimum atomic E-state index is -2.22. The molecule has 0 aliphatic carbocycles. The number of hydrogen-bond donors (Lipinski definition) is 4. The summed E-state index contributed by atoms with van der Waals surface area (Å²) >= 11 is 0. The van der Waals surface area contributed by atoms with Crippen LogP contribution in [0.2, 0.25) is 0 Å². The summed E-state index contributed by atoms with van der Waals surface area (Å²) in [5.41, 5.74) is -8.62. The first kappa shape index (κ1) is 20.5. The average molecular weight is 371 g/mol. The van der Waals surface area contributed by atoms with Gasteiger partial charge in [-0.2, -0.15) is 0 Å². The van der Waals surface area contributed by atoms with Crippen LogP contribution < -0.4 is 4.74 Å². The van der Waals surface area contributed by atoms with Crippen LogP contribution in [0.4, 0.5) is 5.69 Å². The maximum atomic E-state index is 11.2. The molecule has 9 heteroatoms. The topological polar surface area (TPSA) is 143 Å². The highest BCUT2D eigenvalue weighted by molar-refractivity contribution is 5.46. The predicted molar refractivity (Wildman–Crippen MR) is 90.6 cm³/mol. The zero-order valence-corrected chi connectivity index (χ0v) is 15.4. The third-order valence-corrected chi connectivity index (χ3v) is 5.90. The Morgan fingerprint density at radius 2 is 1.58 bits per heavy atom. The van der Waals surface area contributed by atoms with Crippen LogP contribution >= 0.6 is 0 Å². The summed E-state index contributed by atoms with van der Waals surface area (Å²) in [4.78, 5) is 10.6. The number of nitro benzene ring substituents is 1. The van der Waals surface area contributed by atoms with Crippen LogP contribution in [0.3, 0.4) is 0 Å². The van der Waals surface area contributed by atoms with E-state index in [1.165, 1.54) is 58.9 Å². The molecule has 0 bridgehead atoms. The molecular formula is C17H25NO8. The Morgan fingerprint density at radius 3 is 2.08 bits per heavy atom. The number of hydrogen-bond acceptors (Lipinski definition) is 8. The van der Waals surface area contributed by atoms with Gasteiger partial charge in [0.25, 0.3) is 0 Å². The molecule has 2 unspecified atom stereocenters. The van der Waals surface area contributed by atoms with E-state index in [2.05, 4.69) is 0 Å². The van der Waals surface area contributed by atoms with E-state index in [0.29, 0.717) is 0 Å². The molecule has 1 aromatic carbocycles. The van der Waals surface area contributed by atoms with Crippen LogP contribution in [0.25, 0.3) is 0 Å². The van der Waals surface area contributed by atoms with Gasteiger partial charge in [-0.25, -0.2) is 0 Å². The van der Waals surface area contributed by atoms with Gasteiger partial charge < -0.3 is 29.9 Å². The molecule has 9 nitrogen and oxygen atoms in total. The molecule has 0 amide bonds. The van der Waals surface area contributed by atoms with Crippen molar-refractivity contribution >= 4 is 5.69 Å². The summed E-state index contributed by atoms with van der Waals surface area (Å²) in [6, 6.07) is 5.49. The fourth-order valence-electron chi connectivity index (χ4n) is 3.27. The lowest BCUT2D eigenvalue weighted by Crippen LogP contribution is -2.85. The Bertz CT molecular complexity index is 716. The summed E-state index contributed by atoms with van der Waals surface area (Å²) in [5, 5.41) is 53.9. The van der Waals surface area contributed by atoms with Crippen molar-refractivity contribution < 1.29 is 34.8 Å². The molecular weight excluding hydrogens is 346 g/mol. The Labute approximate surface area is 150 Å². The molecule has 26 heavy (non-hydrogen) atoms. The van der Waals surface area contributed by atoms with Crippen LogP contribution in [-0.4, -0.2) is 60.1 Å². The van der Waals surface area contributed by atoms with Gasteiger partial charge in [-0.3, -0.25) is 10.1 Å². The highest BCUT2D eigenvalue weighted by Crippen LogP contribution is 2.54. The van der Waals surface area contributed by atoms with Gasteiger partial charge in [-0.15, -0.1) is 0 Å². The molecule has 1 aliphatic heterocycles. The van der Waals surface area contributed by atoms with Crippen molar-refractivity contribution in [1.29, 1.82) is 0 Å². The summed E-state index contributed by atoms with van der Waals surface area (Å²) in [7, 11) is 0. The largest absolute Gasteiger partial charge is 0.452 e. The van der Waals surface area contributed by atoms with E-state index < -0.39 is 39.7 Å². The van der Waals surface area contributed by atoms with Crippen molar-refractivity contribution in [1.82, 2.24) is 0 Å². The first-order valence-electron chi connectivity index (χ1n) is 8.07. The molecule has 1 fully saturated rings. The van der Waals surface area contributed by atoms with Gasteiger partial charge in [-0.1, -0.05) is 12.1 Å². The van der Waals surface area contributed by atoms with Crippen molar-refractivity contribution in [3.8, 4) is 5.75 Å². The van der Waals surface area contributed by atoms with E-state index in [-0.39, 0.29) is 11.4 Å². The van der Waals surface area contributed by atoms with Gasteiger partial charge in [0.2, 0.25) is 11.5 Å². The minimum absolute atomic E-state index is 0.196. The van der Waals surface area contributed by atoms with E-state index in [0.717, 1.165) is 0 Å². The number of ether oxygens (including phenoxy) is 2. The third kappa shape index (κ3) is 2.50. The van der Waals surface area contributed by atoms with Crippen LogP contribution in [-0.2, 0) is 4.74 Å². The monoisotopic (exact) mass is 371 g/mol. The molecule has 0 spiro atoms. The third-order valence-electron chi connectivity index (χ3n) is 5.90. The Morgan fingerprint density at radius 1 is 1.04 bits per heavy atom. The molecule has 1 aliphatic rings. The van der Waals surface area contributed by atoms with Gasteiger partial charge in [-0.05, 0) is 33.8 Å². The van der Waals surface area contributed by atoms with Crippen molar-refractivity contribution in [2.75, 3.05) is 6.61 Å². The molecule has 1 aromatic rings. The molecule has 1 heterocycles. The molecule has 0 saturated carbocycles. The fraction of sp³-hybridized carbons (Fsp3) is 0.647. The van der Waals surface area contributed by atoms with Crippen molar-refractivity contribution in [3.63, 3.8) is 0 Å². The summed E-state index contributed by atoms with van der Waals surface area (Å²) in [6.07, 6.45) is 0. The highest BCUT2D eigenvalue weighted by atomic mass is 16.7. The Balaban J connectivity index is 2.62. The van der Waals surface area contributed by atoms with Crippen molar-refractivity contribution in [2.45, 2.75) is 62.8 Å². The lowest BCUT2D eigenvalue weighted by atomic mass is 9.61. The first-order chi connectivity index (χ1) is 11.7. The Kier molecular flexibility index (Phi) is 4.63. The number of benzene rings is 1. The first-order valence-corrected chi connectivity index (χ1v) is 8.07. The second-order valence-corrected chi connectivity index (χ2v) is 7.48. The highest BCUT2D eigenvalue weighted by Gasteiger charge is 2.75. The van der Waals surface area contributed by atoms with Gasteiger partial charge in [0.05, 0.1) is 11.5 Å². The van der Waals surface area contributed by atoms with Gasteiger partial charge >= 0.3 is 5.69 Å². The molecule has 1 saturated heterocycles. The quantitative estimate of drug-likeness (QED) is 0.448. The van der Waals surface area contributed by atoms with Crippen LogP contribution in [0.1, 0.15) is 34.6 Å². The van der Waals surface area contributed by atoms with Crippen molar-refractivity contribution in [3.05, 3.63) is 34.4 Å². The summed E-state index contributed by atoms with van der Waals surface area (Å²) in [5.74, 6) is -2.24. The molecule has 2 rings (SSSR count). The van der Waals surface area contributed by atoms with E-state index in [1.54, 1.807) is 0 Å². The van der Waals surface area contributed by atoms with Crippen molar-refractivity contribution in [2.24, 2.45) is 0 Å². The zero-order valence-electron chi connectivity index (χ0n) is 15.4. The number of rotatable bonds is 4. The van der Waals surface area contributed by atoms with Crippen LogP contribution in [0.5, 0.6) is 5.75 Å². The second-order valence-electron chi connectivity index (χ2n) is 7.48. The predicted octanol–water partition coefficient (Wildman–Crippen LogP) is 0.724. The number of nitro groups is 1. The SMILES string of the molecule is CC1(CO)O[C@@](C)(Oc2ccccc2[N+](=O)[O-])[C@@](C)(O)C(C)(O)[C@@]1(C)O. The second kappa shape index (κ2) is 5.86. The number of nitrogens with zero attached hydrogens (tertiary/aromatic N) is 1. The van der Waals surface area contributed by atoms with Gasteiger partial charge in [0, 0.05) is 13.0 Å². The standard InChI is InChI=1S/C17H25NO8/c1-13(10-19)14(2,20)15(3,21)16(4,22)17(5,26-13)25-12-9-7-6-8-11(12)18(23)24/h6-9,19-22H,10H2,1-5H3/t13?,14-,15?,16-,17+/m0/s1. The molecule has 146 valence electrons. The molecule has 4 N–H and O–H groups in total. The lowest BCUT2D eigenvalue weighted by molar-refractivity contribution is -0.443. The van der Waals surface area contributed by atoms with Crippen LogP contribution in [0, 0.1) is 10.1 Å². The minimum Gasteiger partial charge on any atom is -0.452 e. The van der Waals surface area contributed by atoms with Gasteiger partial charge in [0.15, 0.2) is 5.60 Å². The van der Waals surface area contributed by atoms with E-state index >= 15 is 0 Å². The number of aliphatic hydroxyl groups is 4. The maximum Gasteiger partial charge on any atom is 0.311 e. The van der Waals surface area contributed by atoms with E-state index in [9.17, 15) is 30.5 Å². The smallest absolute Gasteiger partial charge is 0.311 e. The lowest BCUT2D eigenvalue weighted by Gasteiger charge is -2.64. The molecule has 0 radical (unpaired) electrons. The number of aliphatic hydroxyl groups excluding tert-OH is 1. The number of para-hydroxylation sites is 2.